The lowest BCUT2D eigenvalue weighted by molar-refractivity contribution is -0.121. The van der Waals surface area contributed by atoms with Crippen molar-refractivity contribution in [3.05, 3.63) is 71.2 Å². The van der Waals surface area contributed by atoms with E-state index >= 15 is 0 Å². The fraction of sp³-hybridized carbons (Fsp3) is 0.211. The zero-order valence-electron chi connectivity index (χ0n) is 14.8. The number of hydrogen-bond donors (Lipinski definition) is 4. The van der Waals surface area contributed by atoms with Gasteiger partial charge in [0, 0.05) is 6.42 Å². The van der Waals surface area contributed by atoms with E-state index in [1.54, 1.807) is 6.07 Å². The molecule has 0 spiro atoms. The second-order valence-corrected chi connectivity index (χ2v) is 8.31. The highest BCUT2D eigenvalue weighted by Crippen LogP contribution is 2.34. The van der Waals surface area contributed by atoms with Gasteiger partial charge in [0.1, 0.15) is 11.4 Å². The molecular formula is C19H19N3O5S. The first-order valence-corrected chi connectivity index (χ1v) is 10.2. The van der Waals surface area contributed by atoms with Crippen molar-refractivity contribution in [2.45, 2.75) is 25.3 Å². The van der Waals surface area contributed by atoms with Crippen LogP contribution in [0.1, 0.15) is 29.2 Å². The number of carbonyl (C=O) groups excluding carboxylic acids is 1. The van der Waals surface area contributed by atoms with E-state index < -0.39 is 16.1 Å². The van der Waals surface area contributed by atoms with E-state index in [4.69, 9.17) is 0 Å². The lowest BCUT2D eigenvalue weighted by atomic mass is 9.94. The molecule has 0 saturated carbocycles. The van der Waals surface area contributed by atoms with Gasteiger partial charge in [0.05, 0.1) is 12.2 Å². The number of benzene rings is 2. The molecule has 2 aliphatic heterocycles. The Morgan fingerprint density at radius 3 is 2.61 bits per heavy atom. The van der Waals surface area contributed by atoms with Gasteiger partial charge in [0.25, 0.3) is 0 Å². The predicted molar refractivity (Wildman–Crippen MR) is 103 cm³/mol. The first-order valence-electron chi connectivity index (χ1n) is 8.75. The van der Waals surface area contributed by atoms with Crippen molar-refractivity contribution in [1.82, 2.24) is 10.0 Å². The number of hydrogen-bond acceptors (Lipinski definition) is 5. The quantitative estimate of drug-likeness (QED) is 0.625. The van der Waals surface area contributed by atoms with E-state index in [1.165, 1.54) is 12.1 Å². The Bertz CT molecular complexity index is 1080. The summed E-state index contributed by atoms with van der Waals surface area (Å²) in [5, 5.41) is 22.8. The number of fused-ring (bicyclic) bond motifs is 1. The largest absolute Gasteiger partial charge is 0.506 e. The summed E-state index contributed by atoms with van der Waals surface area (Å²) >= 11 is 0. The molecule has 2 heterocycles. The van der Waals surface area contributed by atoms with E-state index in [9.17, 15) is 23.4 Å². The van der Waals surface area contributed by atoms with Crippen LogP contribution in [0.15, 0.2) is 54.5 Å². The molecule has 1 amide bonds. The summed E-state index contributed by atoms with van der Waals surface area (Å²) in [5.41, 5.74) is 2.91. The highest BCUT2D eigenvalue weighted by atomic mass is 32.2. The van der Waals surface area contributed by atoms with Crippen molar-refractivity contribution in [3.63, 3.8) is 0 Å². The van der Waals surface area contributed by atoms with Crippen molar-refractivity contribution >= 4 is 21.8 Å². The van der Waals surface area contributed by atoms with Crippen LogP contribution in [-0.4, -0.2) is 24.5 Å². The van der Waals surface area contributed by atoms with E-state index in [-0.39, 0.29) is 23.4 Å². The number of nitrogens with one attached hydrogen (secondary N) is 2. The summed E-state index contributed by atoms with van der Waals surface area (Å²) in [6, 6.07) is 12.2. The second-order valence-electron chi connectivity index (χ2n) is 6.76. The third-order valence-corrected chi connectivity index (χ3v) is 6.12. The normalized spacial score (nSPS) is 20.6. The van der Waals surface area contributed by atoms with Crippen LogP contribution >= 0.6 is 0 Å². The summed E-state index contributed by atoms with van der Waals surface area (Å²) in [6.45, 7) is 0. The van der Waals surface area contributed by atoms with E-state index in [1.807, 2.05) is 29.0 Å². The fourth-order valence-corrected chi connectivity index (χ4v) is 4.63. The highest BCUT2D eigenvalue weighted by Gasteiger charge is 2.31. The molecule has 28 heavy (non-hydrogen) atoms. The highest BCUT2D eigenvalue weighted by molar-refractivity contribution is 7.91. The number of carbonyl (C=O) groups is 1. The van der Waals surface area contributed by atoms with Gasteiger partial charge in [-0.05, 0) is 41.7 Å². The molecule has 0 aliphatic carbocycles. The van der Waals surface area contributed by atoms with Crippen LogP contribution in [-0.2, 0) is 27.8 Å². The van der Waals surface area contributed by atoms with Gasteiger partial charge in [0.15, 0.2) is 0 Å². The van der Waals surface area contributed by atoms with Gasteiger partial charge in [-0.2, -0.15) is 8.42 Å². The van der Waals surface area contributed by atoms with Crippen LogP contribution in [0.4, 0.5) is 5.69 Å². The molecule has 2 aromatic rings. The minimum absolute atomic E-state index is 0.0191. The molecule has 1 atom stereocenters. The van der Waals surface area contributed by atoms with E-state index in [2.05, 4.69) is 5.32 Å². The smallest absolute Gasteiger partial charge is 0.330 e. The van der Waals surface area contributed by atoms with Crippen LogP contribution in [0.2, 0.25) is 0 Å². The van der Waals surface area contributed by atoms with Crippen molar-refractivity contribution in [1.29, 1.82) is 0 Å². The molecule has 0 radical (unpaired) electrons. The number of aromatic hydroxyl groups is 1. The van der Waals surface area contributed by atoms with Gasteiger partial charge >= 0.3 is 10.2 Å². The standard InChI is InChI=1S/C19H19N3O5S/c23-17-10-12(5-7-16(17)22-11-19(25)21-28(22,26)27)9-15-14-4-2-1-3-13(14)6-8-18(24)20-15/h1-5,7,10-11,15,21,23,25H,6,8-9H2,(H,20,24). The molecule has 146 valence electrons. The zero-order chi connectivity index (χ0) is 19.9. The third-order valence-electron chi connectivity index (χ3n) is 4.84. The van der Waals surface area contributed by atoms with Crippen LogP contribution in [0, 0.1) is 0 Å². The molecule has 0 bridgehead atoms. The summed E-state index contributed by atoms with van der Waals surface area (Å²) in [5.74, 6) is -0.805. The molecule has 4 N–H and O–H groups in total. The van der Waals surface area contributed by atoms with Gasteiger partial charge in [-0.1, -0.05) is 30.3 Å². The number of amides is 1. The maximum Gasteiger partial charge on any atom is 0.330 e. The number of anilines is 1. The number of aryl methyl sites for hydroxylation is 1. The minimum Gasteiger partial charge on any atom is -0.506 e. The molecule has 8 nitrogen and oxygen atoms in total. The Labute approximate surface area is 162 Å². The maximum absolute atomic E-state index is 12.1. The van der Waals surface area contributed by atoms with Crippen LogP contribution in [0.3, 0.4) is 0 Å². The Morgan fingerprint density at radius 1 is 1.11 bits per heavy atom. The Morgan fingerprint density at radius 2 is 1.89 bits per heavy atom. The minimum atomic E-state index is -3.98. The van der Waals surface area contributed by atoms with Crippen LogP contribution in [0.5, 0.6) is 5.75 Å². The van der Waals surface area contributed by atoms with Crippen molar-refractivity contribution < 1.29 is 23.4 Å². The summed E-state index contributed by atoms with van der Waals surface area (Å²) in [4.78, 5) is 12.1. The van der Waals surface area contributed by atoms with Crippen molar-refractivity contribution in [3.8, 4) is 5.75 Å². The molecule has 0 aromatic heterocycles. The SMILES string of the molecule is O=C1CCc2ccccc2C(Cc2ccc(N3C=C(O)NS3(=O)=O)c(O)c2)N1. The monoisotopic (exact) mass is 401 g/mol. The molecule has 0 fully saturated rings. The molecule has 2 aromatic carbocycles. The van der Waals surface area contributed by atoms with Crippen LogP contribution < -0.4 is 14.3 Å². The number of aliphatic hydroxyl groups excluding tert-OH is 1. The van der Waals surface area contributed by atoms with Gasteiger partial charge < -0.3 is 15.5 Å². The average molecular weight is 401 g/mol. The number of phenols is 1. The summed E-state index contributed by atoms with van der Waals surface area (Å²) in [7, 11) is -3.98. The zero-order valence-corrected chi connectivity index (χ0v) is 15.6. The Balaban J connectivity index is 1.63. The molecule has 1 unspecified atom stereocenters. The Hall–Kier alpha value is -3.20. The number of phenolic OH excluding ortho intramolecular Hbond substituents is 1. The molecule has 9 heteroatoms. The lowest BCUT2D eigenvalue weighted by Gasteiger charge is -2.20. The van der Waals surface area contributed by atoms with Crippen molar-refractivity contribution in [2.75, 3.05) is 4.31 Å². The van der Waals surface area contributed by atoms with Crippen molar-refractivity contribution in [2.24, 2.45) is 0 Å². The third kappa shape index (κ3) is 3.36. The van der Waals surface area contributed by atoms with Gasteiger partial charge in [-0.3, -0.25) is 4.79 Å². The number of nitrogens with zero attached hydrogens (tertiary/aromatic N) is 1. The van der Waals surface area contributed by atoms with Gasteiger partial charge in [-0.25, -0.2) is 9.03 Å². The lowest BCUT2D eigenvalue weighted by Crippen LogP contribution is -2.29. The molecule has 4 rings (SSSR count). The van der Waals surface area contributed by atoms with Gasteiger partial charge in [0.2, 0.25) is 11.8 Å². The fourth-order valence-electron chi connectivity index (χ4n) is 3.56. The van der Waals surface area contributed by atoms with E-state index in [0.29, 0.717) is 19.3 Å². The predicted octanol–water partition coefficient (Wildman–Crippen LogP) is 1.75. The van der Waals surface area contributed by atoms with E-state index in [0.717, 1.165) is 27.2 Å². The van der Waals surface area contributed by atoms with Crippen LogP contribution in [0.25, 0.3) is 0 Å². The Kier molecular flexibility index (Phi) is 4.38. The average Bonchev–Trinajstić information content (AvgIpc) is 2.81. The second kappa shape index (κ2) is 6.75. The topological polar surface area (TPSA) is 119 Å². The van der Waals surface area contributed by atoms with Gasteiger partial charge in [-0.15, -0.1) is 0 Å². The molecular weight excluding hydrogens is 382 g/mol. The molecule has 2 aliphatic rings. The number of aliphatic hydroxyl groups is 1. The molecule has 0 saturated heterocycles. The summed E-state index contributed by atoms with van der Waals surface area (Å²) in [6.07, 6.45) is 2.53. The maximum atomic E-state index is 12.1. The first-order chi connectivity index (χ1) is 13.3. The summed E-state index contributed by atoms with van der Waals surface area (Å²) < 4.78 is 26.7. The number of rotatable bonds is 3. The first kappa shape index (κ1) is 18.2.